The Morgan fingerprint density at radius 2 is 1.91 bits per heavy atom. The van der Waals surface area contributed by atoms with E-state index in [-0.39, 0.29) is 0 Å². The highest BCUT2D eigenvalue weighted by Gasteiger charge is 2.15. The van der Waals surface area contributed by atoms with Gasteiger partial charge in [0.05, 0.1) is 6.04 Å². The molecule has 0 radical (unpaired) electrons. The second-order valence-corrected chi connectivity index (χ2v) is 6.99. The van der Waals surface area contributed by atoms with Crippen LogP contribution < -0.4 is 5.32 Å². The van der Waals surface area contributed by atoms with Gasteiger partial charge < -0.3 is 15.3 Å². The maximum absolute atomic E-state index is 9.31. The quantitative estimate of drug-likeness (QED) is 0.779. The van der Waals surface area contributed by atoms with Gasteiger partial charge >= 0.3 is 0 Å². The molecule has 22 heavy (non-hydrogen) atoms. The minimum atomic E-state index is 0.333. The lowest BCUT2D eigenvalue weighted by atomic mass is 10.1. The standard InChI is InChI=1S/C18H26N2OS/c1-14(6-7-15-8-10-16(21)11-9-15)19-13-17(20(2)3)18-5-4-12-22-18/h4-5,8-12,14,17,19,21H,6-7,13H2,1-3H3. The fraction of sp³-hybridized carbons (Fsp3) is 0.444. The van der Waals surface area contributed by atoms with E-state index in [1.165, 1.54) is 10.4 Å². The molecule has 0 spiro atoms. The number of rotatable bonds is 8. The zero-order valence-corrected chi connectivity index (χ0v) is 14.4. The predicted octanol–water partition coefficient (Wildman–Crippen LogP) is 3.67. The fourth-order valence-corrected chi connectivity index (χ4v) is 3.40. The monoisotopic (exact) mass is 318 g/mol. The molecule has 0 fully saturated rings. The van der Waals surface area contributed by atoms with Gasteiger partial charge in [0.15, 0.2) is 0 Å². The van der Waals surface area contributed by atoms with Gasteiger partial charge in [0.2, 0.25) is 0 Å². The van der Waals surface area contributed by atoms with Gasteiger partial charge in [-0.3, -0.25) is 0 Å². The molecule has 1 heterocycles. The molecule has 0 amide bonds. The van der Waals surface area contributed by atoms with Crippen LogP contribution in [-0.4, -0.2) is 36.7 Å². The molecule has 2 aromatic rings. The SMILES string of the molecule is CC(CCc1ccc(O)cc1)NCC(c1cccs1)N(C)C. The minimum Gasteiger partial charge on any atom is -0.508 e. The molecule has 2 rings (SSSR count). The third-order valence-electron chi connectivity index (χ3n) is 3.96. The summed E-state index contributed by atoms with van der Waals surface area (Å²) < 4.78 is 0. The molecule has 0 saturated carbocycles. The van der Waals surface area contributed by atoms with Crippen molar-refractivity contribution in [3.63, 3.8) is 0 Å². The number of aryl methyl sites for hydroxylation is 1. The molecule has 2 unspecified atom stereocenters. The van der Waals surface area contributed by atoms with E-state index >= 15 is 0 Å². The number of phenols is 1. The van der Waals surface area contributed by atoms with Crippen molar-refractivity contribution in [2.45, 2.75) is 31.8 Å². The molecule has 0 saturated heterocycles. The topological polar surface area (TPSA) is 35.5 Å². The lowest BCUT2D eigenvalue weighted by Crippen LogP contribution is -2.35. The van der Waals surface area contributed by atoms with Crippen molar-refractivity contribution in [3.8, 4) is 5.75 Å². The number of nitrogens with zero attached hydrogens (tertiary/aromatic N) is 1. The van der Waals surface area contributed by atoms with Crippen LogP contribution in [0.1, 0.15) is 29.8 Å². The number of hydrogen-bond donors (Lipinski definition) is 2. The van der Waals surface area contributed by atoms with Crippen LogP contribution in [0, 0.1) is 0 Å². The van der Waals surface area contributed by atoms with Crippen molar-refractivity contribution < 1.29 is 5.11 Å². The van der Waals surface area contributed by atoms with Gasteiger partial charge in [-0.15, -0.1) is 11.3 Å². The predicted molar refractivity (Wildman–Crippen MR) is 94.6 cm³/mol. The average Bonchev–Trinajstić information content (AvgIpc) is 3.00. The van der Waals surface area contributed by atoms with Crippen molar-refractivity contribution in [1.82, 2.24) is 10.2 Å². The van der Waals surface area contributed by atoms with E-state index in [9.17, 15) is 5.11 Å². The number of thiophene rings is 1. The molecule has 2 atom stereocenters. The summed E-state index contributed by atoms with van der Waals surface area (Å²) in [5.41, 5.74) is 1.27. The first-order chi connectivity index (χ1) is 10.6. The Hall–Kier alpha value is -1.36. The second-order valence-electron chi connectivity index (χ2n) is 6.01. The minimum absolute atomic E-state index is 0.333. The van der Waals surface area contributed by atoms with E-state index in [1.54, 1.807) is 12.1 Å². The largest absolute Gasteiger partial charge is 0.508 e. The molecule has 1 aromatic heterocycles. The van der Waals surface area contributed by atoms with E-state index in [4.69, 9.17) is 0 Å². The molecule has 2 N–H and O–H groups in total. The summed E-state index contributed by atoms with van der Waals surface area (Å²) >= 11 is 1.82. The number of benzene rings is 1. The van der Waals surface area contributed by atoms with Crippen LogP contribution in [0.3, 0.4) is 0 Å². The maximum Gasteiger partial charge on any atom is 0.115 e. The van der Waals surface area contributed by atoms with Crippen LogP contribution in [0.4, 0.5) is 0 Å². The van der Waals surface area contributed by atoms with Gasteiger partial charge in [0.25, 0.3) is 0 Å². The van der Waals surface area contributed by atoms with Crippen LogP contribution in [0.5, 0.6) is 5.75 Å². The van der Waals surface area contributed by atoms with Crippen molar-refractivity contribution in [3.05, 3.63) is 52.2 Å². The summed E-state index contributed by atoms with van der Waals surface area (Å²) in [6.07, 6.45) is 2.12. The Kier molecular flexibility index (Phi) is 6.43. The molecule has 1 aromatic carbocycles. The fourth-order valence-electron chi connectivity index (χ4n) is 2.48. The Morgan fingerprint density at radius 3 is 2.50 bits per heavy atom. The Bertz CT molecular complexity index is 537. The van der Waals surface area contributed by atoms with E-state index < -0.39 is 0 Å². The summed E-state index contributed by atoms with van der Waals surface area (Å²) in [7, 11) is 4.26. The molecule has 120 valence electrons. The highest BCUT2D eigenvalue weighted by atomic mass is 32.1. The highest BCUT2D eigenvalue weighted by Crippen LogP contribution is 2.22. The summed E-state index contributed by atoms with van der Waals surface area (Å²) in [5.74, 6) is 0.333. The van der Waals surface area contributed by atoms with E-state index in [2.05, 4.69) is 48.7 Å². The molecule has 0 aliphatic rings. The first kappa shape index (κ1) is 17.0. The third-order valence-corrected chi connectivity index (χ3v) is 4.93. The first-order valence-electron chi connectivity index (χ1n) is 7.77. The zero-order valence-electron chi connectivity index (χ0n) is 13.6. The molecule has 0 aliphatic heterocycles. The lowest BCUT2D eigenvalue weighted by molar-refractivity contribution is 0.283. The van der Waals surface area contributed by atoms with Gasteiger partial charge in [-0.25, -0.2) is 0 Å². The van der Waals surface area contributed by atoms with Crippen LogP contribution in [-0.2, 0) is 6.42 Å². The van der Waals surface area contributed by atoms with Crippen molar-refractivity contribution >= 4 is 11.3 Å². The van der Waals surface area contributed by atoms with Crippen molar-refractivity contribution in [2.24, 2.45) is 0 Å². The zero-order chi connectivity index (χ0) is 15.9. The molecule has 0 bridgehead atoms. The Balaban J connectivity index is 1.78. The molecular weight excluding hydrogens is 292 g/mol. The van der Waals surface area contributed by atoms with Gasteiger partial charge in [-0.2, -0.15) is 0 Å². The summed E-state index contributed by atoms with van der Waals surface area (Å²) in [5, 5.41) is 15.1. The highest BCUT2D eigenvalue weighted by molar-refractivity contribution is 7.10. The van der Waals surface area contributed by atoms with Gasteiger partial charge in [-0.1, -0.05) is 18.2 Å². The first-order valence-corrected chi connectivity index (χ1v) is 8.65. The third kappa shape index (κ3) is 5.13. The lowest BCUT2D eigenvalue weighted by Gasteiger charge is -2.25. The van der Waals surface area contributed by atoms with Crippen LogP contribution in [0.15, 0.2) is 41.8 Å². The number of phenolic OH excluding ortho intramolecular Hbond substituents is 1. The van der Waals surface area contributed by atoms with E-state index in [1.807, 2.05) is 23.5 Å². The molecule has 3 nitrogen and oxygen atoms in total. The van der Waals surface area contributed by atoms with Gasteiger partial charge in [0, 0.05) is 17.5 Å². The molecular formula is C18H26N2OS. The second kappa shape index (κ2) is 8.32. The Labute approximate surface area is 137 Å². The summed E-state index contributed by atoms with van der Waals surface area (Å²) in [6.45, 7) is 3.20. The Morgan fingerprint density at radius 1 is 1.18 bits per heavy atom. The maximum atomic E-state index is 9.31. The van der Waals surface area contributed by atoms with Gasteiger partial charge in [0.1, 0.15) is 5.75 Å². The summed E-state index contributed by atoms with van der Waals surface area (Å²) in [4.78, 5) is 3.68. The molecule has 0 aliphatic carbocycles. The van der Waals surface area contributed by atoms with Gasteiger partial charge in [-0.05, 0) is 63.0 Å². The van der Waals surface area contributed by atoms with Crippen LogP contribution in [0.25, 0.3) is 0 Å². The van der Waals surface area contributed by atoms with Crippen molar-refractivity contribution in [1.29, 1.82) is 0 Å². The number of hydrogen-bond acceptors (Lipinski definition) is 4. The molecule has 4 heteroatoms. The summed E-state index contributed by atoms with van der Waals surface area (Å²) in [6, 6.07) is 12.7. The van der Waals surface area contributed by atoms with Crippen LogP contribution >= 0.6 is 11.3 Å². The van der Waals surface area contributed by atoms with E-state index in [0.717, 1.165) is 19.4 Å². The average molecular weight is 318 g/mol. The number of nitrogens with one attached hydrogen (secondary N) is 1. The van der Waals surface area contributed by atoms with E-state index in [0.29, 0.717) is 17.8 Å². The van der Waals surface area contributed by atoms with Crippen molar-refractivity contribution in [2.75, 3.05) is 20.6 Å². The number of likely N-dealkylation sites (N-methyl/N-ethyl adjacent to an activating group) is 1. The normalized spacial score (nSPS) is 14.2. The van der Waals surface area contributed by atoms with Crippen LogP contribution in [0.2, 0.25) is 0 Å². The smallest absolute Gasteiger partial charge is 0.115 e. The number of aromatic hydroxyl groups is 1.